The lowest BCUT2D eigenvalue weighted by Gasteiger charge is -2.42. The van der Waals surface area contributed by atoms with Crippen molar-refractivity contribution in [2.75, 3.05) is 44.2 Å². The van der Waals surface area contributed by atoms with Crippen LogP contribution < -0.4 is 4.90 Å². The second kappa shape index (κ2) is 11.4. The number of aromatic nitrogens is 1. The molecule has 0 radical (unpaired) electrons. The van der Waals surface area contributed by atoms with Gasteiger partial charge in [0.1, 0.15) is 5.82 Å². The molecule has 0 spiro atoms. The Balaban J connectivity index is 1.37. The van der Waals surface area contributed by atoms with Gasteiger partial charge in [0, 0.05) is 31.7 Å². The van der Waals surface area contributed by atoms with Crippen molar-refractivity contribution in [3.63, 3.8) is 0 Å². The SMILES string of the molecule is CCOC(=O)C(CCCN1CCN(c2cccc(-c3ccc4c(c3)C(C)(C)CCC4(C)C)n2)CC1)C(=O)O. The van der Waals surface area contributed by atoms with E-state index in [1.54, 1.807) is 6.92 Å². The molecule has 7 heteroatoms. The summed E-state index contributed by atoms with van der Waals surface area (Å²) in [6.45, 7) is 15.6. The maximum atomic E-state index is 11.9. The van der Waals surface area contributed by atoms with Gasteiger partial charge in [0.15, 0.2) is 5.92 Å². The van der Waals surface area contributed by atoms with Gasteiger partial charge in [-0.25, -0.2) is 4.98 Å². The molecule has 2 aliphatic rings. The highest BCUT2D eigenvalue weighted by Crippen LogP contribution is 2.46. The summed E-state index contributed by atoms with van der Waals surface area (Å²) in [6, 6.07) is 13.2. The summed E-state index contributed by atoms with van der Waals surface area (Å²) in [5.41, 5.74) is 5.44. The number of aliphatic carboxylic acids is 1. The molecule has 1 fully saturated rings. The monoisotopic (exact) mass is 521 g/mol. The molecule has 1 unspecified atom stereocenters. The van der Waals surface area contributed by atoms with Crippen molar-refractivity contribution in [2.24, 2.45) is 5.92 Å². The van der Waals surface area contributed by atoms with Crippen molar-refractivity contribution in [3.8, 4) is 11.3 Å². The smallest absolute Gasteiger partial charge is 0.320 e. The molecule has 4 rings (SSSR count). The van der Waals surface area contributed by atoms with Gasteiger partial charge in [0.05, 0.1) is 12.3 Å². The van der Waals surface area contributed by atoms with Crippen LogP contribution in [0.1, 0.15) is 71.4 Å². The normalized spacial score (nSPS) is 19.4. The fourth-order valence-corrected chi connectivity index (χ4v) is 5.81. The largest absolute Gasteiger partial charge is 0.481 e. The molecule has 38 heavy (non-hydrogen) atoms. The van der Waals surface area contributed by atoms with E-state index in [-0.39, 0.29) is 17.4 Å². The number of pyridine rings is 1. The molecule has 1 aromatic carbocycles. The summed E-state index contributed by atoms with van der Waals surface area (Å²) in [7, 11) is 0. The van der Waals surface area contributed by atoms with Crippen LogP contribution in [-0.2, 0) is 25.2 Å². The van der Waals surface area contributed by atoms with Gasteiger partial charge in [0.2, 0.25) is 0 Å². The third-order valence-corrected chi connectivity index (χ3v) is 8.42. The Bertz CT molecular complexity index is 1150. The van der Waals surface area contributed by atoms with Gasteiger partial charge in [-0.15, -0.1) is 0 Å². The molecule has 1 saturated heterocycles. The van der Waals surface area contributed by atoms with Gasteiger partial charge >= 0.3 is 11.9 Å². The fourth-order valence-electron chi connectivity index (χ4n) is 5.81. The van der Waals surface area contributed by atoms with E-state index in [2.05, 4.69) is 73.9 Å². The van der Waals surface area contributed by atoms with Gasteiger partial charge in [0.25, 0.3) is 0 Å². The number of esters is 1. The number of carbonyl (C=O) groups is 2. The Morgan fingerprint density at radius 1 is 1.00 bits per heavy atom. The summed E-state index contributed by atoms with van der Waals surface area (Å²) in [5.74, 6) is -1.83. The van der Waals surface area contributed by atoms with Crippen LogP contribution in [0.2, 0.25) is 0 Å². The van der Waals surface area contributed by atoms with Gasteiger partial charge in [-0.05, 0) is 79.3 Å². The van der Waals surface area contributed by atoms with Crippen LogP contribution in [0.15, 0.2) is 36.4 Å². The van der Waals surface area contributed by atoms with Gasteiger partial charge in [-0.3, -0.25) is 14.5 Å². The molecule has 1 atom stereocenters. The quantitative estimate of drug-likeness (QED) is 0.356. The summed E-state index contributed by atoms with van der Waals surface area (Å²) >= 11 is 0. The zero-order valence-electron chi connectivity index (χ0n) is 23.6. The molecular weight excluding hydrogens is 478 g/mol. The van der Waals surface area contributed by atoms with E-state index < -0.39 is 17.9 Å². The number of anilines is 1. The first kappa shape index (κ1) is 28.1. The minimum atomic E-state index is -1.11. The number of carboxylic acid groups (broad SMARTS) is 1. The molecule has 1 aliphatic carbocycles. The maximum absolute atomic E-state index is 11.9. The van der Waals surface area contributed by atoms with E-state index in [0.29, 0.717) is 12.8 Å². The van der Waals surface area contributed by atoms with Crippen LogP contribution in [0.5, 0.6) is 0 Å². The molecule has 1 N–H and O–H groups in total. The Morgan fingerprint density at radius 3 is 2.34 bits per heavy atom. The van der Waals surface area contributed by atoms with Crippen LogP contribution in [-0.4, -0.2) is 66.3 Å². The molecule has 1 aromatic heterocycles. The van der Waals surface area contributed by atoms with E-state index in [0.717, 1.165) is 44.2 Å². The number of fused-ring (bicyclic) bond motifs is 1. The topological polar surface area (TPSA) is 83.0 Å². The van der Waals surface area contributed by atoms with Crippen LogP contribution in [0.25, 0.3) is 11.3 Å². The lowest BCUT2D eigenvalue weighted by molar-refractivity contribution is -0.158. The second-order valence-corrected chi connectivity index (χ2v) is 12.0. The number of piperazine rings is 1. The minimum absolute atomic E-state index is 0.162. The molecule has 2 aromatic rings. The van der Waals surface area contributed by atoms with Crippen molar-refractivity contribution in [3.05, 3.63) is 47.5 Å². The Kier molecular flexibility index (Phi) is 8.46. The summed E-state index contributed by atoms with van der Waals surface area (Å²) in [6.07, 6.45) is 3.34. The van der Waals surface area contributed by atoms with E-state index in [9.17, 15) is 14.7 Å². The van der Waals surface area contributed by atoms with Crippen molar-refractivity contribution in [1.82, 2.24) is 9.88 Å². The summed E-state index contributed by atoms with van der Waals surface area (Å²) in [4.78, 5) is 33.0. The third-order valence-electron chi connectivity index (χ3n) is 8.42. The summed E-state index contributed by atoms with van der Waals surface area (Å²) in [5, 5.41) is 9.35. The molecule has 0 saturated carbocycles. The predicted octanol–water partition coefficient (Wildman–Crippen LogP) is 5.26. The van der Waals surface area contributed by atoms with Crippen LogP contribution in [0.4, 0.5) is 5.82 Å². The zero-order chi connectivity index (χ0) is 27.5. The van der Waals surface area contributed by atoms with E-state index in [1.807, 2.05) is 0 Å². The molecule has 2 heterocycles. The molecule has 0 bridgehead atoms. The predicted molar refractivity (Wildman–Crippen MR) is 151 cm³/mol. The second-order valence-electron chi connectivity index (χ2n) is 12.0. The van der Waals surface area contributed by atoms with E-state index in [1.165, 1.54) is 29.5 Å². The van der Waals surface area contributed by atoms with Crippen molar-refractivity contribution in [1.29, 1.82) is 0 Å². The van der Waals surface area contributed by atoms with E-state index >= 15 is 0 Å². The number of nitrogens with zero attached hydrogens (tertiary/aromatic N) is 3. The standard InChI is InChI=1S/C31H43N3O4/c1-6-38-29(37)23(28(35)36)9-8-16-33-17-19-34(20-18-33)27-11-7-10-26(32-27)22-12-13-24-25(21-22)31(4,5)15-14-30(24,2)3/h7,10-13,21,23H,6,8-9,14-20H2,1-5H3,(H,35,36). The number of rotatable bonds is 9. The van der Waals surface area contributed by atoms with Crippen molar-refractivity contribution >= 4 is 17.8 Å². The Labute approximate surface area is 227 Å². The van der Waals surface area contributed by atoms with Crippen LogP contribution in [0.3, 0.4) is 0 Å². The third kappa shape index (κ3) is 6.20. The number of hydrogen-bond acceptors (Lipinski definition) is 6. The first-order valence-corrected chi connectivity index (χ1v) is 14.0. The van der Waals surface area contributed by atoms with Crippen LogP contribution >= 0.6 is 0 Å². The first-order chi connectivity index (χ1) is 18.0. The molecule has 1 aliphatic heterocycles. The van der Waals surface area contributed by atoms with Crippen LogP contribution in [0, 0.1) is 5.92 Å². The first-order valence-electron chi connectivity index (χ1n) is 14.0. The zero-order valence-corrected chi connectivity index (χ0v) is 23.6. The summed E-state index contributed by atoms with van der Waals surface area (Å²) < 4.78 is 4.91. The molecule has 206 valence electrons. The van der Waals surface area contributed by atoms with Crippen molar-refractivity contribution in [2.45, 2.75) is 71.1 Å². The highest BCUT2D eigenvalue weighted by molar-refractivity contribution is 5.93. The number of hydrogen-bond donors (Lipinski definition) is 1. The number of ether oxygens (including phenoxy) is 1. The lowest BCUT2D eigenvalue weighted by Crippen LogP contribution is -2.47. The Morgan fingerprint density at radius 2 is 1.68 bits per heavy atom. The molecule has 0 amide bonds. The van der Waals surface area contributed by atoms with Gasteiger partial charge in [-0.2, -0.15) is 0 Å². The number of carboxylic acids is 1. The lowest BCUT2D eigenvalue weighted by atomic mass is 9.63. The number of benzene rings is 1. The molecule has 7 nitrogen and oxygen atoms in total. The van der Waals surface area contributed by atoms with Crippen molar-refractivity contribution < 1.29 is 19.4 Å². The maximum Gasteiger partial charge on any atom is 0.320 e. The minimum Gasteiger partial charge on any atom is -0.481 e. The fraction of sp³-hybridized carbons (Fsp3) is 0.581. The average Bonchev–Trinajstić information content (AvgIpc) is 2.89. The highest BCUT2D eigenvalue weighted by Gasteiger charge is 2.37. The van der Waals surface area contributed by atoms with Gasteiger partial charge in [-0.1, -0.05) is 45.9 Å². The van der Waals surface area contributed by atoms with E-state index in [4.69, 9.17) is 9.72 Å². The average molecular weight is 522 g/mol. The highest BCUT2D eigenvalue weighted by atomic mass is 16.5. The van der Waals surface area contributed by atoms with Gasteiger partial charge < -0.3 is 14.7 Å². The number of carbonyl (C=O) groups excluding carboxylic acids is 1. The molecular formula is C31H43N3O4. The Hall–Kier alpha value is -2.93.